The fraction of sp³-hybridized carbons (Fsp3) is 0.900. The van der Waals surface area contributed by atoms with E-state index in [9.17, 15) is 4.79 Å². The van der Waals surface area contributed by atoms with E-state index in [1.54, 1.807) is 6.92 Å². The summed E-state index contributed by atoms with van der Waals surface area (Å²) in [4.78, 5) is 10.9. The maximum Gasteiger partial charge on any atom is 0.217 e. The molecule has 12 heavy (non-hydrogen) atoms. The Morgan fingerprint density at radius 1 is 1.33 bits per heavy atom. The molecule has 0 heterocycles. The van der Waals surface area contributed by atoms with Crippen LogP contribution in [0.25, 0.3) is 0 Å². The van der Waals surface area contributed by atoms with Crippen molar-refractivity contribution in [2.75, 3.05) is 0 Å². The van der Waals surface area contributed by atoms with Crippen molar-refractivity contribution < 1.29 is 4.79 Å². The molecule has 2 heteroatoms. The van der Waals surface area contributed by atoms with Crippen molar-refractivity contribution in [1.29, 1.82) is 0 Å². The second kappa shape index (κ2) is 2.75. The molecule has 0 aromatic rings. The number of hydrogen-bond acceptors (Lipinski definition) is 1. The molecule has 0 aromatic heterocycles. The highest BCUT2D eigenvalue weighted by Crippen LogP contribution is 2.48. The van der Waals surface area contributed by atoms with Gasteiger partial charge in [0.1, 0.15) is 0 Å². The smallest absolute Gasteiger partial charge is 0.217 e. The van der Waals surface area contributed by atoms with Gasteiger partial charge < -0.3 is 5.32 Å². The van der Waals surface area contributed by atoms with Crippen LogP contribution in [0.5, 0.6) is 0 Å². The normalized spacial score (nSPS) is 44.8. The Morgan fingerprint density at radius 2 is 2.00 bits per heavy atom. The van der Waals surface area contributed by atoms with Crippen LogP contribution >= 0.6 is 0 Å². The maximum atomic E-state index is 10.9. The highest BCUT2D eigenvalue weighted by Gasteiger charge is 2.45. The van der Waals surface area contributed by atoms with Gasteiger partial charge in [-0.15, -0.1) is 0 Å². The molecule has 0 radical (unpaired) electrons. The van der Waals surface area contributed by atoms with Crippen molar-refractivity contribution in [3.63, 3.8) is 0 Å². The van der Waals surface area contributed by atoms with Crippen LogP contribution in [-0.2, 0) is 4.79 Å². The van der Waals surface area contributed by atoms with Gasteiger partial charge >= 0.3 is 0 Å². The average molecular weight is 167 g/mol. The van der Waals surface area contributed by atoms with Gasteiger partial charge in [0.05, 0.1) is 0 Å². The Balaban J connectivity index is 2.02. The van der Waals surface area contributed by atoms with Gasteiger partial charge in [-0.1, -0.05) is 6.92 Å². The van der Waals surface area contributed by atoms with E-state index in [0.29, 0.717) is 12.0 Å². The molecule has 2 aliphatic carbocycles. The van der Waals surface area contributed by atoms with E-state index in [2.05, 4.69) is 12.2 Å². The van der Waals surface area contributed by atoms with Crippen molar-refractivity contribution in [2.24, 2.45) is 17.8 Å². The third-order valence-corrected chi connectivity index (χ3v) is 3.70. The lowest BCUT2D eigenvalue weighted by Gasteiger charge is -2.28. The molecule has 68 valence electrons. The molecule has 1 amide bonds. The maximum absolute atomic E-state index is 10.9. The van der Waals surface area contributed by atoms with Gasteiger partial charge in [-0.3, -0.25) is 4.79 Å². The summed E-state index contributed by atoms with van der Waals surface area (Å²) in [6.07, 6.45) is 4.08. The Bertz CT molecular complexity index is 200. The molecule has 2 aliphatic rings. The van der Waals surface area contributed by atoms with E-state index >= 15 is 0 Å². The summed E-state index contributed by atoms with van der Waals surface area (Å²) in [5.41, 5.74) is 0. The number of carbonyl (C=O) groups excluding carboxylic acids is 1. The van der Waals surface area contributed by atoms with Gasteiger partial charge in [-0.2, -0.15) is 0 Å². The Hall–Kier alpha value is -0.530. The summed E-state index contributed by atoms with van der Waals surface area (Å²) in [7, 11) is 0. The first-order chi connectivity index (χ1) is 5.68. The monoisotopic (exact) mass is 167 g/mol. The molecule has 1 N–H and O–H groups in total. The standard InChI is InChI=1S/C10H17NO/c1-6-8-3-4-9(5-8)10(6)11-7(2)12/h6,8-10H,3-5H2,1-2H3,(H,11,12)/t6-,8-,9+,10-/m1/s1. The molecule has 0 saturated heterocycles. The lowest BCUT2D eigenvalue weighted by Crippen LogP contribution is -2.41. The second-order valence-electron chi connectivity index (χ2n) is 4.42. The van der Waals surface area contributed by atoms with Crippen LogP contribution in [0.1, 0.15) is 33.1 Å². The van der Waals surface area contributed by atoms with Crippen LogP contribution in [0.15, 0.2) is 0 Å². The lowest BCUT2D eigenvalue weighted by molar-refractivity contribution is -0.120. The van der Waals surface area contributed by atoms with Crippen LogP contribution in [0.4, 0.5) is 0 Å². The van der Waals surface area contributed by atoms with Gasteiger partial charge in [-0.25, -0.2) is 0 Å². The van der Waals surface area contributed by atoms with Crippen molar-refractivity contribution in [3.8, 4) is 0 Å². The van der Waals surface area contributed by atoms with Crippen LogP contribution in [-0.4, -0.2) is 11.9 Å². The average Bonchev–Trinajstić information content (AvgIpc) is 2.53. The van der Waals surface area contributed by atoms with E-state index in [0.717, 1.165) is 11.8 Å². The van der Waals surface area contributed by atoms with E-state index in [-0.39, 0.29) is 5.91 Å². The number of carbonyl (C=O) groups is 1. The molecular formula is C10H17NO. The molecule has 0 spiro atoms. The van der Waals surface area contributed by atoms with Crippen LogP contribution in [0.3, 0.4) is 0 Å². The molecule has 0 unspecified atom stereocenters. The first kappa shape index (κ1) is 8.09. The van der Waals surface area contributed by atoms with E-state index < -0.39 is 0 Å². The largest absolute Gasteiger partial charge is 0.353 e. The van der Waals surface area contributed by atoms with Gasteiger partial charge in [0.15, 0.2) is 0 Å². The lowest BCUT2D eigenvalue weighted by atomic mass is 9.86. The first-order valence-corrected chi connectivity index (χ1v) is 4.95. The fourth-order valence-corrected chi connectivity index (χ4v) is 3.06. The fourth-order valence-electron chi connectivity index (χ4n) is 3.06. The predicted octanol–water partition coefficient (Wildman–Crippen LogP) is 1.56. The SMILES string of the molecule is CC(=O)N[C@H]1[C@H]2CC[C@H](C2)[C@H]1C. The summed E-state index contributed by atoms with van der Waals surface area (Å²) >= 11 is 0. The number of rotatable bonds is 1. The minimum atomic E-state index is 0.138. The number of fused-ring (bicyclic) bond motifs is 2. The molecule has 0 aromatic carbocycles. The molecule has 2 fully saturated rings. The van der Waals surface area contributed by atoms with Crippen LogP contribution < -0.4 is 5.32 Å². The van der Waals surface area contributed by atoms with Crippen LogP contribution in [0, 0.1) is 17.8 Å². The zero-order chi connectivity index (χ0) is 8.72. The van der Waals surface area contributed by atoms with E-state index in [1.165, 1.54) is 19.3 Å². The summed E-state index contributed by atoms with van der Waals surface area (Å²) in [5, 5.41) is 3.08. The Kier molecular flexibility index (Phi) is 1.85. The van der Waals surface area contributed by atoms with Gasteiger partial charge in [0.25, 0.3) is 0 Å². The minimum Gasteiger partial charge on any atom is -0.353 e. The zero-order valence-electron chi connectivity index (χ0n) is 7.84. The molecule has 2 rings (SSSR count). The van der Waals surface area contributed by atoms with Crippen molar-refractivity contribution in [3.05, 3.63) is 0 Å². The third kappa shape index (κ3) is 1.13. The third-order valence-electron chi connectivity index (χ3n) is 3.70. The molecule has 0 aliphatic heterocycles. The first-order valence-electron chi connectivity index (χ1n) is 4.95. The summed E-state index contributed by atoms with van der Waals surface area (Å²) < 4.78 is 0. The summed E-state index contributed by atoms with van der Waals surface area (Å²) in [6.45, 7) is 3.91. The van der Waals surface area contributed by atoms with Crippen molar-refractivity contribution in [2.45, 2.75) is 39.2 Å². The highest BCUT2D eigenvalue weighted by molar-refractivity contribution is 5.73. The van der Waals surface area contributed by atoms with Crippen molar-refractivity contribution >= 4 is 5.91 Å². The van der Waals surface area contributed by atoms with Gasteiger partial charge in [0, 0.05) is 13.0 Å². The van der Waals surface area contributed by atoms with Crippen LogP contribution in [0.2, 0.25) is 0 Å². The summed E-state index contributed by atoms with van der Waals surface area (Å²) in [6, 6.07) is 0.487. The number of nitrogens with one attached hydrogen (secondary N) is 1. The minimum absolute atomic E-state index is 0.138. The predicted molar refractivity (Wildman–Crippen MR) is 47.6 cm³/mol. The quantitative estimate of drug-likeness (QED) is 0.631. The molecular weight excluding hydrogens is 150 g/mol. The van der Waals surface area contributed by atoms with Gasteiger partial charge in [0.2, 0.25) is 5.91 Å². The number of hydrogen-bond donors (Lipinski definition) is 1. The molecule has 2 bridgehead atoms. The van der Waals surface area contributed by atoms with Gasteiger partial charge in [-0.05, 0) is 37.0 Å². The van der Waals surface area contributed by atoms with Crippen molar-refractivity contribution in [1.82, 2.24) is 5.32 Å². The molecule has 2 nitrogen and oxygen atoms in total. The van der Waals surface area contributed by atoms with E-state index in [1.807, 2.05) is 0 Å². The highest BCUT2D eigenvalue weighted by atomic mass is 16.1. The Labute approximate surface area is 73.7 Å². The molecule has 4 atom stereocenters. The second-order valence-corrected chi connectivity index (χ2v) is 4.42. The topological polar surface area (TPSA) is 29.1 Å². The number of amides is 1. The van der Waals surface area contributed by atoms with E-state index in [4.69, 9.17) is 0 Å². The Morgan fingerprint density at radius 3 is 2.50 bits per heavy atom. The zero-order valence-corrected chi connectivity index (χ0v) is 7.84. The summed E-state index contributed by atoms with van der Waals surface area (Å²) in [5.74, 6) is 2.53. The molecule has 2 saturated carbocycles.